The molecule has 0 aromatic heterocycles. The fourth-order valence-electron chi connectivity index (χ4n) is 1.72. The summed E-state index contributed by atoms with van der Waals surface area (Å²) in [5.41, 5.74) is 5.06. The van der Waals surface area contributed by atoms with Crippen molar-refractivity contribution in [1.82, 2.24) is 5.43 Å². The van der Waals surface area contributed by atoms with E-state index >= 15 is 0 Å². The second-order valence-electron chi connectivity index (χ2n) is 4.13. The summed E-state index contributed by atoms with van der Waals surface area (Å²) in [6.07, 6.45) is 2.69. The van der Waals surface area contributed by atoms with E-state index in [2.05, 4.69) is 22.7 Å². The molecule has 3 heteroatoms. The van der Waals surface area contributed by atoms with Gasteiger partial charge >= 0.3 is 0 Å². The summed E-state index contributed by atoms with van der Waals surface area (Å²) in [5.74, 6) is 0.887. The van der Waals surface area contributed by atoms with E-state index in [0.29, 0.717) is 6.61 Å². The first-order valence-electron chi connectivity index (χ1n) is 6.35. The lowest BCUT2D eigenvalue weighted by atomic mass is 10.2. The summed E-state index contributed by atoms with van der Waals surface area (Å²) >= 11 is 0. The number of rotatable bonds is 6. The molecule has 2 aromatic carbocycles. The Morgan fingerprint density at radius 3 is 2.47 bits per heavy atom. The maximum Gasteiger partial charge on any atom is 0.119 e. The number of hydrogen-bond donors (Lipinski definition) is 1. The molecule has 0 fully saturated rings. The standard InChI is InChI=1S/C16H18N2O/c1-17-18-13-15-7-9-16(10-8-15)19-12-11-14-5-3-2-4-6-14/h2-10,13,17H,11-12H2,1H3/b18-13+. The normalized spacial score (nSPS) is 10.6. The molecule has 0 heterocycles. The smallest absolute Gasteiger partial charge is 0.119 e. The number of nitrogens with one attached hydrogen (secondary N) is 1. The zero-order chi connectivity index (χ0) is 13.3. The average molecular weight is 254 g/mol. The molecule has 0 bridgehead atoms. The molecule has 0 amide bonds. The van der Waals surface area contributed by atoms with Crippen LogP contribution in [0.25, 0.3) is 0 Å². The maximum atomic E-state index is 5.71. The van der Waals surface area contributed by atoms with Crippen LogP contribution in [0.3, 0.4) is 0 Å². The monoisotopic (exact) mass is 254 g/mol. The molecule has 0 spiro atoms. The molecule has 0 aliphatic rings. The second kappa shape index (κ2) is 7.21. The quantitative estimate of drug-likeness (QED) is 0.635. The summed E-state index contributed by atoms with van der Waals surface area (Å²) in [6, 6.07) is 18.2. The first-order chi connectivity index (χ1) is 9.38. The molecule has 0 saturated heterocycles. The van der Waals surface area contributed by atoms with E-state index in [1.807, 2.05) is 42.5 Å². The topological polar surface area (TPSA) is 33.6 Å². The second-order valence-corrected chi connectivity index (χ2v) is 4.13. The van der Waals surface area contributed by atoms with Gasteiger partial charge in [-0.05, 0) is 35.4 Å². The van der Waals surface area contributed by atoms with Gasteiger partial charge in [-0.3, -0.25) is 0 Å². The Hall–Kier alpha value is -2.29. The van der Waals surface area contributed by atoms with Crippen LogP contribution in [0, 0.1) is 0 Å². The number of nitrogens with zero attached hydrogens (tertiary/aromatic N) is 1. The van der Waals surface area contributed by atoms with Gasteiger partial charge in [-0.25, -0.2) is 0 Å². The highest BCUT2D eigenvalue weighted by molar-refractivity contribution is 5.79. The van der Waals surface area contributed by atoms with Crippen LogP contribution in [0.4, 0.5) is 0 Å². The highest BCUT2D eigenvalue weighted by Crippen LogP contribution is 2.11. The molecule has 3 nitrogen and oxygen atoms in total. The molecule has 0 aliphatic carbocycles. The zero-order valence-corrected chi connectivity index (χ0v) is 11.0. The van der Waals surface area contributed by atoms with Crippen LogP contribution in [0.5, 0.6) is 5.75 Å². The zero-order valence-electron chi connectivity index (χ0n) is 11.0. The number of ether oxygens (including phenoxy) is 1. The van der Waals surface area contributed by atoms with Gasteiger partial charge < -0.3 is 10.2 Å². The lowest BCUT2D eigenvalue weighted by Gasteiger charge is -2.06. The Morgan fingerprint density at radius 1 is 1.05 bits per heavy atom. The van der Waals surface area contributed by atoms with Gasteiger partial charge in [0.25, 0.3) is 0 Å². The van der Waals surface area contributed by atoms with E-state index in [0.717, 1.165) is 17.7 Å². The van der Waals surface area contributed by atoms with Crippen molar-refractivity contribution in [3.05, 3.63) is 65.7 Å². The summed E-state index contributed by atoms with van der Waals surface area (Å²) in [5, 5.41) is 3.96. The minimum atomic E-state index is 0.688. The highest BCUT2D eigenvalue weighted by atomic mass is 16.5. The van der Waals surface area contributed by atoms with Crippen LogP contribution in [-0.2, 0) is 6.42 Å². The van der Waals surface area contributed by atoms with Crippen molar-refractivity contribution < 1.29 is 4.74 Å². The summed E-state index contributed by atoms with van der Waals surface area (Å²) in [6.45, 7) is 0.688. The van der Waals surface area contributed by atoms with Crippen LogP contribution in [0.1, 0.15) is 11.1 Å². The first-order valence-corrected chi connectivity index (χ1v) is 6.35. The van der Waals surface area contributed by atoms with E-state index < -0.39 is 0 Å². The van der Waals surface area contributed by atoms with Crippen molar-refractivity contribution in [1.29, 1.82) is 0 Å². The number of hydrogen-bond acceptors (Lipinski definition) is 3. The molecule has 19 heavy (non-hydrogen) atoms. The van der Waals surface area contributed by atoms with Crippen LogP contribution >= 0.6 is 0 Å². The Kier molecular flexibility index (Phi) is 4.99. The number of hydrazone groups is 1. The van der Waals surface area contributed by atoms with Crippen LogP contribution in [0.15, 0.2) is 59.7 Å². The molecule has 0 atom stereocenters. The molecule has 0 saturated carbocycles. The molecular weight excluding hydrogens is 236 g/mol. The third kappa shape index (κ3) is 4.47. The van der Waals surface area contributed by atoms with Crippen molar-refractivity contribution >= 4 is 6.21 Å². The SMILES string of the molecule is CN/N=C/c1ccc(OCCc2ccccc2)cc1. The maximum absolute atomic E-state index is 5.71. The van der Waals surface area contributed by atoms with Crippen molar-refractivity contribution in [2.45, 2.75) is 6.42 Å². The van der Waals surface area contributed by atoms with Gasteiger partial charge in [0, 0.05) is 13.5 Å². The third-order valence-electron chi connectivity index (χ3n) is 2.73. The number of benzene rings is 2. The van der Waals surface area contributed by atoms with E-state index in [1.165, 1.54) is 5.56 Å². The minimum Gasteiger partial charge on any atom is -0.493 e. The average Bonchev–Trinajstić information content (AvgIpc) is 2.47. The van der Waals surface area contributed by atoms with Gasteiger partial charge in [-0.1, -0.05) is 30.3 Å². The Balaban J connectivity index is 1.81. The first kappa shape index (κ1) is 13.1. The van der Waals surface area contributed by atoms with Gasteiger partial charge in [-0.2, -0.15) is 5.10 Å². The van der Waals surface area contributed by atoms with E-state index in [9.17, 15) is 0 Å². The minimum absolute atomic E-state index is 0.688. The summed E-state index contributed by atoms with van der Waals surface area (Å²) < 4.78 is 5.71. The fourth-order valence-corrected chi connectivity index (χ4v) is 1.72. The molecule has 98 valence electrons. The molecule has 0 unspecified atom stereocenters. The lowest BCUT2D eigenvalue weighted by Crippen LogP contribution is -2.01. The lowest BCUT2D eigenvalue weighted by molar-refractivity contribution is 0.322. The Bertz CT molecular complexity index is 506. The highest BCUT2D eigenvalue weighted by Gasteiger charge is 1.95. The van der Waals surface area contributed by atoms with Gasteiger partial charge in [0.2, 0.25) is 0 Å². The molecule has 0 radical (unpaired) electrons. The Labute approximate surface area is 113 Å². The predicted octanol–water partition coefficient (Wildman–Crippen LogP) is 2.86. The molecule has 2 rings (SSSR count). The third-order valence-corrected chi connectivity index (χ3v) is 2.73. The van der Waals surface area contributed by atoms with E-state index in [4.69, 9.17) is 4.74 Å². The van der Waals surface area contributed by atoms with Crippen molar-refractivity contribution in [2.75, 3.05) is 13.7 Å². The van der Waals surface area contributed by atoms with Crippen LogP contribution in [-0.4, -0.2) is 19.9 Å². The van der Waals surface area contributed by atoms with Crippen molar-refractivity contribution in [3.63, 3.8) is 0 Å². The van der Waals surface area contributed by atoms with Gasteiger partial charge in [0.1, 0.15) is 5.75 Å². The van der Waals surface area contributed by atoms with Gasteiger partial charge in [0.05, 0.1) is 12.8 Å². The largest absolute Gasteiger partial charge is 0.493 e. The Morgan fingerprint density at radius 2 is 1.79 bits per heavy atom. The van der Waals surface area contributed by atoms with Gasteiger partial charge in [0.15, 0.2) is 0 Å². The van der Waals surface area contributed by atoms with Crippen molar-refractivity contribution in [2.24, 2.45) is 5.10 Å². The predicted molar refractivity (Wildman–Crippen MR) is 78.7 cm³/mol. The van der Waals surface area contributed by atoms with Crippen LogP contribution in [0.2, 0.25) is 0 Å². The molecular formula is C16H18N2O. The van der Waals surface area contributed by atoms with Gasteiger partial charge in [-0.15, -0.1) is 0 Å². The summed E-state index contributed by atoms with van der Waals surface area (Å²) in [7, 11) is 1.78. The van der Waals surface area contributed by atoms with E-state index in [1.54, 1.807) is 13.3 Å². The molecule has 1 N–H and O–H groups in total. The van der Waals surface area contributed by atoms with Crippen LogP contribution < -0.4 is 10.2 Å². The van der Waals surface area contributed by atoms with Crippen molar-refractivity contribution in [3.8, 4) is 5.75 Å². The van der Waals surface area contributed by atoms with E-state index in [-0.39, 0.29) is 0 Å². The summed E-state index contributed by atoms with van der Waals surface area (Å²) in [4.78, 5) is 0. The molecule has 0 aliphatic heterocycles. The fraction of sp³-hybridized carbons (Fsp3) is 0.188. The molecule has 2 aromatic rings.